The summed E-state index contributed by atoms with van der Waals surface area (Å²) in [5.41, 5.74) is 5.83. The monoisotopic (exact) mass is 259 g/mol. The first-order valence-corrected chi connectivity index (χ1v) is 6.70. The lowest BCUT2D eigenvalue weighted by Gasteiger charge is -2.39. The molecule has 1 aromatic carbocycles. The van der Waals surface area contributed by atoms with E-state index < -0.39 is 20.4 Å². The molecule has 0 unspecified atom stereocenters. The fourth-order valence-corrected chi connectivity index (χ4v) is 3.52. The van der Waals surface area contributed by atoms with Crippen LogP contribution in [0, 0.1) is 12.7 Å². The van der Waals surface area contributed by atoms with Crippen molar-refractivity contribution in [1.29, 1.82) is 0 Å². The molecule has 1 fully saturated rings. The third-order valence-corrected chi connectivity index (χ3v) is 5.53. The fraction of sp³-hybridized carbons (Fsp3) is 0.455. The van der Waals surface area contributed by atoms with Crippen molar-refractivity contribution in [3.8, 4) is 0 Å². The normalized spacial score (nSPS) is 18.8. The van der Waals surface area contributed by atoms with E-state index in [4.69, 9.17) is 10.5 Å². The molecule has 0 amide bonds. The van der Waals surface area contributed by atoms with Crippen molar-refractivity contribution in [3.05, 3.63) is 29.6 Å². The molecule has 0 bridgehead atoms. The molecule has 0 aromatic heterocycles. The van der Waals surface area contributed by atoms with E-state index in [1.165, 1.54) is 19.1 Å². The Kier molecular flexibility index (Phi) is 2.97. The van der Waals surface area contributed by atoms with Crippen molar-refractivity contribution < 1.29 is 17.5 Å². The van der Waals surface area contributed by atoms with Crippen LogP contribution in [0.2, 0.25) is 0 Å². The van der Waals surface area contributed by atoms with Crippen LogP contribution in [0.3, 0.4) is 0 Å². The molecule has 0 radical (unpaired) electrons. The van der Waals surface area contributed by atoms with Crippen LogP contribution in [0.1, 0.15) is 5.56 Å². The Morgan fingerprint density at radius 3 is 2.53 bits per heavy atom. The Bertz CT molecular complexity index is 532. The summed E-state index contributed by atoms with van der Waals surface area (Å²) in [5.74, 6) is -0.421. The topological polar surface area (TPSA) is 69.4 Å². The van der Waals surface area contributed by atoms with E-state index in [2.05, 4.69) is 0 Å². The van der Waals surface area contributed by atoms with Gasteiger partial charge >= 0.3 is 0 Å². The Hall–Kier alpha value is -0.980. The Labute approximate surface area is 99.5 Å². The number of halogens is 1. The first-order chi connectivity index (χ1) is 7.93. The van der Waals surface area contributed by atoms with Gasteiger partial charge in [-0.1, -0.05) is 0 Å². The molecular formula is C11H14FNO3S. The van der Waals surface area contributed by atoms with Crippen molar-refractivity contribution in [1.82, 2.24) is 0 Å². The predicted octanol–water partition coefficient (Wildman–Crippen LogP) is 0.636. The minimum absolute atomic E-state index is 0.00571. The number of hydrogen-bond donors (Lipinski definition) is 1. The molecule has 1 aliphatic rings. The van der Waals surface area contributed by atoms with Gasteiger partial charge in [-0.3, -0.25) is 0 Å². The summed E-state index contributed by atoms with van der Waals surface area (Å²) in [6, 6.07) is 3.76. The average Bonchev–Trinajstić information content (AvgIpc) is 2.20. The SMILES string of the molecule is Cc1cc(S(=O)(=O)C2(CN)COC2)ccc1F. The van der Waals surface area contributed by atoms with Crippen LogP contribution in [0.4, 0.5) is 4.39 Å². The summed E-state index contributed by atoms with van der Waals surface area (Å²) in [4.78, 5) is 0.102. The van der Waals surface area contributed by atoms with E-state index >= 15 is 0 Å². The molecule has 17 heavy (non-hydrogen) atoms. The van der Waals surface area contributed by atoms with Gasteiger partial charge in [0, 0.05) is 6.54 Å². The lowest BCUT2D eigenvalue weighted by Crippen LogP contribution is -2.60. The summed E-state index contributed by atoms with van der Waals surface area (Å²) in [7, 11) is -3.57. The molecule has 4 nitrogen and oxygen atoms in total. The molecule has 0 aliphatic carbocycles. The van der Waals surface area contributed by atoms with E-state index in [0.29, 0.717) is 5.56 Å². The molecular weight excluding hydrogens is 245 g/mol. The highest BCUT2D eigenvalue weighted by Gasteiger charge is 2.50. The minimum Gasteiger partial charge on any atom is -0.378 e. The number of hydrogen-bond acceptors (Lipinski definition) is 4. The molecule has 2 N–H and O–H groups in total. The van der Waals surface area contributed by atoms with Crippen molar-refractivity contribution in [2.24, 2.45) is 5.73 Å². The summed E-state index contributed by atoms with van der Waals surface area (Å²) in [6.45, 7) is 1.73. The van der Waals surface area contributed by atoms with E-state index in [9.17, 15) is 12.8 Å². The van der Waals surface area contributed by atoms with Gasteiger partial charge in [0.15, 0.2) is 9.84 Å². The number of rotatable bonds is 3. The number of aryl methyl sites for hydroxylation is 1. The Morgan fingerprint density at radius 2 is 2.12 bits per heavy atom. The maximum Gasteiger partial charge on any atom is 0.189 e. The smallest absolute Gasteiger partial charge is 0.189 e. The van der Waals surface area contributed by atoms with E-state index in [-0.39, 0.29) is 24.7 Å². The Morgan fingerprint density at radius 1 is 1.47 bits per heavy atom. The van der Waals surface area contributed by atoms with Gasteiger partial charge < -0.3 is 10.5 Å². The van der Waals surface area contributed by atoms with Gasteiger partial charge in [-0.2, -0.15) is 0 Å². The van der Waals surface area contributed by atoms with Crippen LogP contribution in [0.25, 0.3) is 0 Å². The molecule has 0 atom stereocenters. The van der Waals surface area contributed by atoms with Gasteiger partial charge in [0.05, 0.1) is 18.1 Å². The van der Waals surface area contributed by atoms with Crippen molar-refractivity contribution in [2.75, 3.05) is 19.8 Å². The zero-order valence-corrected chi connectivity index (χ0v) is 10.3. The molecule has 1 heterocycles. The van der Waals surface area contributed by atoms with E-state index in [1.54, 1.807) is 0 Å². The number of benzene rings is 1. The lowest BCUT2D eigenvalue weighted by atomic mass is 10.1. The second-order valence-corrected chi connectivity index (χ2v) is 6.64. The largest absolute Gasteiger partial charge is 0.378 e. The van der Waals surface area contributed by atoms with Gasteiger partial charge in [-0.15, -0.1) is 0 Å². The van der Waals surface area contributed by atoms with Gasteiger partial charge in [0.1, 0.15) is 10.6 Å². The summed E-state index contributed by atoms with van der Waals surface area (Å²) >= 11 is 0. The molecule has 2 rings (SSSR count). The zero-order chi connectivity index (χ0) is 12.7. The van der Waals surface area contributed by atoms with Crippen LogP contribution >= 0.6 is 0 Å². The molecule has 6 heteroatoms. The number of sulfone groups is 1. The third kappa shape index (κ3) is 1.76. The molecule has 1 aromatic rings. The second-order valence-electron chi connectivity index (χ2n) is 4.29. The van der Waals surface area contributed by atoms with Gasteiger partial charge in [-0.05, 0) is 30.7 Å². The summed E-state index contributed by atoms with van der Waals surface area (Å²) in [6.07, 6.45) is 0. The highest BCUT2D eigenvalue weighted by atomic mass is 32.2. The van der Waals surface area contributed by atoms with Crippen LogP contribution in [0.5, 0.6) is 0 Å². The van der Waals surface area contributed by atoms with Crippen molar-refractivity contribution in [3.63, 3.8) is 0 Å². The molecule has 0 spiro atoms. The fourth-order valence-electron chi connectivity index (χ4n) is 1.75. The van der Waals surface area contributed by atoms with Crippen LogP contribution in [-0.4, -0.2) is 32.9 Å². The molecule has 94 valence electrons. The third-order valence-electron chi connectivity index (χ3n) is 3.11. The first kappa shape index (κ1) is 12.5. The quantitative estimate of drug-likeness (QED) is 0.809. The van der Waals surface area contributed by atoms with Gasteiger partial charge in [-0.25, -0.2) is 12.8 Å². The highest BCUT2D eigenvalue weighted by Crippen LogP contribution is 2.32. The minimum atomic E-state index is -3.57. The Balaban J connectivity index is 2.48. The average molecular weight is 259 g/mol. The van der Waals surface area contributed by atoms with Crippen LogP contribution in [0.15, 0.2) is 23.1 Å². The number of ether oxygens (including phenoxy) is 1. The lowest BCUT2D eigenvalue weighted by molar-refractivity contribution is -0.00924. The molecule has 1 aliphatic heterocycles. The molecule has 0 saturated carbocycles. The van der Waals surface area contributed by atoms with Crippen molar-refractivity contribution in [2.45, 2.75) is 16.6 Å². The first-order valence-electron chi connectivity index (χ1n) is 5.21. The second kappa shape index (κ2) is 4.04. The van der Waals surface area contributed by atoms with Gasteiger partial charge in [0.2, 0.25) is 0 Å². The van der Waals surface area contributed by atoms with Crippen molar-refractivity contribution >= 4 is 9.84 Å². The summed E-state index contributed by atoms with van der Waals surface area (Å²) < 4.78 is 41.7. The standard InChI is InChI=1S/C11H14FNO3S/c1-8-4-9(2-3-10(8)12)17(14,15)11(5-13)6-16-7-11/h2-4H,5-7,13H2,1H3. The number of nitrogens with two attached hydrogens (primary N) is 1. The molecule has 1 saturated heterocycles. The maximum absolute atomic E-state index is 13.1. The van der Waals surface area contributed by atoms with Crippen LogP contribution < -0.4 is 5.73 Å². The van der Waals surface area contributed by atoms with Gasteiger partial charge in [0.25, 0.3) is 0 Å². The highest BCUT2D eigenvalue weighted by molar-refractivity contribution is 7.93. The van der Waals surface area contributed by atoms with E-state index in [0.717, 1.165) is 6.07 Å². The van der Waals surface area contributed by atoms with Crippen LogP contribution in [-0.2, 0) is 14.6 Å². The zero-order valence-electron chi connectivity index (χ0n) is 9.44. The van der Waals surface area contributed by atoms with E-state index in [1.807, 2.05) is 0 Å². The maximum atomic E-state index is 13.1. The summed E-state index contributed by atoms with van der Waals surface area (Å²) in [5, 5.41) is 0. The predicted molar refractivity (Wildman–Crippen MR) is 60.9 cm³/mol.